The van der Waals surface area contributed by atoms with Crippen molar-refractivity contribution in [3.8, 4) is 0 Å². The number of allylic oxidation sites excluding steroid dienone is 1. The summed E-state index contributed by atoms with van der Waals surface area (Å²) in [5.41, 5.74) is 1.61. The standard InChI is InChI=1S/C14H16O3/c1-3-17-14(16)10-6-8-12-7-4-5-9-13(12)11(2)15/h4-7,9-10H,3,8H2,1-2H3/b10-6+. The van der Waals surface area contributed by atoms with Gasteiger partial charge in [0, 0.05) is 11.6 Å². The van der Waals surface area contributed by atoms with Gasteiger partial charge in [0.25, 0.3) is 0 Å². The van der Waals surface area contributed by atoms with Gasteiger partial charge in [-0.15, -0.1) is 0 Å². The SMILES string of the molecule is CCOC(=O)/C=C/Cc1ccccc1C(C)=O. The van der Waals surface area contributed by atoms with Crippen molar-refractivity contribution in [1.29, 1.82) is 0 Å². The van der Waals surface area contributed by atoms with E-state index in [0.717, 1.165) is 5.56 Å². The largest absolute Gasteiger partial charge is 0.463 e. The second-order valence-electron chi connectivity index (χ2n) is 3.57. The highest BCUT2D eigenvalue weighted by atomic mass is 16.5. The van der Waals surface area contributed by atoms with Gasteiger partial charge in [0.1, 0.15) is 0 Å². The second-order valence-corrected chi connectivity index (χ2v) is 3.57. The molecule has 0 atom stereocenters. The van der Waals surface area contributed by atoms with Crippen molar-refractivity contribution in [2.75, 3.05) is 6.61 Å². The van der Waals surface area contributed by atoms with Gasteiger partial charge < -0.3 is 4.74 Å². The average Bonchev–Trinajstić information content (AvgIpc) is 2.30. The maximum absolute atomic E-state index is 11.3. The van der Waals surface area contributed by atoms with Crippen molar-refractivity contribution in [3.63, 3.8) is 0 Å². The van der Waals surface area contributed by atoms with E-state index in [1.807, 2.05) is 18.2 Å². The first-order chi connectivity index (χ1) is 8.15. The van der Waals surface area contributed by atoms with Gasteiger partial charge in [-0.05, 0) is 25.8 Å². The molecule has 0 amide bonds. The fourth-order valence-corrected chi connectivity index (χ4v) is 1.51. The van der Waals surface area contributed by atoms with Gasteiger partial charge in [-0.1, -0.05) is 30.3 Å². The van der Waals surface area contributed by atoms with E-state index in [2.05, 4.69) is 0 Å². The first kappa shape index (κ1) is 13.2. The lowest BCUT2D eigenvalue weighted by atomic mass is 10.0. The van der Waals surface area contributed by atoms with Gasteiger partial charge in [-0.25, -0.2) is 4.79 Å². The molecule has 0 aliphatic rings. The van der Waals surface area contributed by atoms with Crippen LogP contribution in [0.25, 0.3) is 0 Å². The number of ketones is 1. The molecule has 0 saturated carbocycles. The molecule has 90 valence electrons. The summed E-state index contributed by atoms with van der Waals surface area (Å²) in [5, 5.41) is 0. The Kier molecular flexibility index (Phi) is 5.14. The van der Waals surface area contributed by atoms with Crippen molar-refractivity contribution in [3.05, 3.63) is 47.5 Å². The Bertz CT molecular complexity index is 433. The van der Waals surface area contributed by atoms with Crippen LogP contribution in [0.1, 0.15) is 29.8 Å². The zero-order valence-electron chi connectivity index (χ0n) is 10.1. The zero-order valence-corrected chi connectivity index (χ0v) is 10.1. The number of carbonyl (C=O) groups excluding carboxylic acids is 2. The molecule has 17 heavy (non-hydrogen) atoms. The maximum Gasteiger partial charge on any atom is 0.330 e. The smallest absolute Gasteiger partial charge is 0.330 e. The fraction of sp³-hybridized carbons (Fsp3) is 0.286. The number of ether oxygens (including phenoxy) is 1. The zero-order chi connectivity index (χ0) is 12.7. The lowest BCUT2D eigenvalue weighted by Gasteiger charge is -2.03. The van der Waals surface area contributed by atoms with E-state index in [4.69, 9.17) is 4.74 Å². The van der Waals surface area contributed by atoms with Crippen LogP contribution in [0.5, 0.6) is 0 Å². The van der Waals surface area contributed by atoms with E-state index < -0.39 is 0 Å². The number of hydrogen-bond acceptors (Lipinski definition) is 3. The van der Waals surface area contributed by atoms with Crippen LogP contribution < -0.4 is 0 Å². The molecular formula is C14H16O3. The summed E-state index contributed by atoms with van der Waals surface area (Å²) < 4.78 is 4.76. The minimum atomic E-state index is -0.354. The monoisotopic (exact) mass is 232 g/mol. The lowest BCUT2D eigenvalue weighted by Crippen LogP contribution is -2.00. The Hall–Kier alpha value is -1.90. The first-order valence-corrected chi connectivity index (χ1v) is 5.57. The minimum Gasteiger partial charge on any atom is -0.463 e. The van der Waals surface area contributed by atoms with Crippen molar-refractivity contribution in [2.45, 2.75) is 20.3 Å². The molecule has 0 radical (unpaired) electrons. The van der Waals surface area contributed by atoms with Crippen LogP contribution in [0.3, 0.4) is 0 Å². The van der Waals surface area contributed by atoms with Crippen LogP contribution in [0.15, 0.2) is 36.4 Å². The average molecular weight is 232 g/mol. The summed E-state index contributed by atoms with van der Waals surface area (Å²) in [6.07, 6.45) is 3.65. The van der Waals surface area contributed by atoms with E-state index in [9.17, 15) is 9.59 Å². The van der Waals surface area contributed by atoms with Crippen LogP contribution >= 0.6 is 0 Å². The molecule has 1 aromatic rings. The third kappa shape index (κ3) is 4.23. The topological polar surface area (TPSA) is 43.4 Å². The van der Waals surface area contributed by atoms with Gasteiger partial charge in [0.05, 0.1) is 6.61 Å². The predicted octanol–water partition coefficient (Wildman–Crippen LogP) is 2.55. The number of rotatable bonds is 5. The highest BCUT2D eigenvalue weighted by Crippen LogP contribution is 2.10. The second kappa shape index (κ2) is 6.63. The third-order valence-electron chi connectivity index (χ3n) is 2.27. The number of carbonyl (C=O) groups is 2. The Morgan fingerprint density at radius 3 is 2.65 bits per heavy atom. The van der Waals surface area contributed by atoms with Crippen molar-refractivity contribution < 1.29 is 14.3 Å². The van der Waals surface area contributed by atoms with E-state index in [-0.39, 0.29) is 11.8 Å². The molecule has 0 N–H and O–H groups in total. The highest BCUT2D eigenvalue weighted by molar-refractivity contribution is 5.95. The molecule has 0 spiro atoms. The van der Waals surface area contributed by atoms with E-state index >= 15 is 0 Å². The van der Waals surface area contributed by atoms with Crippen LogP contribution in [0.4, 0.5) is 0 Å². The molecule has 1 aromatic carbocycles. The van der Waals surface area contributed by atoms with Crippen LogP contribution in [0.2, 0.25) is 0 Å². The molecule has 0 saturated heterocycles. The summed E-state index contributed by atoms with van der Waals surface area (Å²) in [6.45, 7) is 3.66. The quantitative estimate of drug-likeness (QED) is 0.445. The molecular weight excluding hydrogens is 216 g/mol. The lowest BCUT2D eigenvalue weighted by molar-refractivity contribution is -0.137. The number of benzene rings is 1. The normalized spacial score (nSPS) is 10.5. The Morgan fingerprint density at radius 2 is 2.00 bits per heavy atom. The van der Waals surface area contributed by atoms with Crippen LogP contribution in [0, 0.1) is 0 Å². The Labute approximate surface area is 101 Å². The Balaban J connectivity index is 2.69. The summed E-state index contributed by atoms with van der Waals surface area (Å²) in [5.74, 6) is -0.321. The van der Waals surface area contributed by atoms with Gasteiger partial charge in [-0.3, -0.25) is 4.79 Å². The highest BCUT2D eigenvalue weighted by Gasteiger charge is 2.04. The number of hydrogen-bond donors (Lipinski definition) is 0. The summed E-state index contributed by atoms with van der Waals surface area (Å²) >= 11 is 0. The number of esters is 1. The van der Waals surface area contributed by atoms with Crippen molar-refractivity contribution in [1.82, 2.24) is 0 Å². The van der Waals surface area contributed by atoms with E-state index in [1.165, 1.54) is 13.0 Å². The molecule has 0 aliphatic heterocycles. The predicted molar refractivity (Wildman–Crippen MR) is 65.9 cm³/mol. The van der Waals surface area contributed by atoms with Gasteiger partial charge in [0.2, 0.25) is 0 Å². The maximum atomic E-state index is 11.3. The molecule has 1 rings (SSSR count). The van der Waals surface area contributed by atoms with E-state index in [1.54, 1.807) is 19.1 Å². The Morgan fingerprint density at radius 1 is 1.29 bits per heavy atom. The summed E-state index contributed by atoms with van der Waals surface area (Å²) in [7, 11) is 0. The van der Waals surface area contributed by atoms with Crippen molar-refractivity contribution in [2.24, 2.45) is 0 Å². The van der Waals surface area contributed by atoms with Gasteiger partial charge in [0.15, 0.2) is 5.78 Å². The molecule has 0 bridgehead atoms. The van der Waals surface area contributed by atoms with E-state index in [0.29, 0.717) is 18.6 Å². The molecule has 0 unspecified atom stereocenters. The third-order valence-corrected chi connectivity index (χ3v) is 2.27. The first-order valence-electron chi connectivity index (χ1n) is 5.57. The minimum absolute atomic E-state index is 0.0325. The van der Waals surface area contributed by atoms with Crippen LogP contribution in [-0.2, 0) is 16.0 Å². The molecule has 0 heterocycles. The van der Waals surface area contributed by atoms with Gasteiger partial charge in [-0.2, -0.15) is 0 Å². The van der Waals surface area contributed by atoms with Crippen LogP contribution in [-0.4, -0.2) is 18.4 Å². The molecule has 0 aromatic heterocycles. The van der Waals surface area contributed by atoms with Crippen molar-refractivity contribution >= 4 is 11.8 Å². The summed E-state index contributed by atoms with van der Waals surface area (Å²) in [4.78, 5) is 22.4. The summed E-state index contributed by atoms with van der Waals surface area (Å²) in [6, 6.07) is 7.37. The molecule has 0 fully saturated rings. The fourth-order valence-electron chi connectivity index (χ4n) is 1.51. The number of Topliss-reactive ketones (excluding diaryl/α,β-unsaturated/α-hetero) is 1. The van der Waals surface area contributed by atoms with Gasteiger partial charge >= 0.3 is 5.97 Å². The molecule has 3 nitrogen and oxygen atoms in total. The molecule has 3 heteroatoms. The molecule has 0 aliphatic carbocycles.